The first-order valence-electron chi connectivity index (χ1n) is 6.93. The molecule has 0 atom stereocenters. The molecule has 0 fully saturated rings. The summed E-state index contributed by atoms with van der Waals surface area (Å²) in [6.45, 7) is 1.87. The first-order chi connectivity index (χ1) is 11.2. The molecule has 1 amide bonds. The molecule has 23 heavy (non-hydrogen) atoms. The summed E-state index contributed by atoms with van der Waals surface area (Å²) in [5.74, 6) is -0.303. The summed E-state index contributed by atoms with van der Waals surface area (Å²) in [7, 11) is 0. The van der Waals surface area contributed by atoms with Gasteiger partial charge in [0.25, 0.3) is 5.91 Å². The summed E-state index contributed by atoms with van der Waals surface area (Å²) < 4.78 is 5.19. The van der Waals surface area contributed by atoms with E-state index in [1.807, 2.05) is 36.6 Å². The molecule has 3 aromatic rings. The number of nitrogens with zero attached hydrogens (tertiary/aromatic N) is 3. The number of rotatable bonds is 5. The van der Waals surface area contributed by atoms with Crippen molar-refractivity contribution in [2.24, 2.45) is 0 Å². The van der Waals surface area contributed by atoms with Crippen LogP contribution in [0.15, 0.2) is 48.1 Å². The van der Waals surface area contributed by atoms with E-state index in [2.05, 4.69) is 20.3 Å². The first-order valence-corrected chi connectivity index (χ1v) is 7.81. The molecule has 116 valence electrons. The van der Waals surface area contributed by atoms with Crippen LogP contribution in [0, 0.1) is 6.92 Å². The second kappa shape index (κ2) is 6.97. The molecule has 6 nitrogen and oxygen atoms in total. The molecule has 2 aromatic heterocycles. The van der Waals surface area contributed by atoms with Gasteiger partial charge in [0.05, 0.1) is 5.69 Å². The van der Waals surface area contributed by atoms with Crippen LogP contribution >= 0.6 is 11.3 Å². The van der Waals surface area contributed by atoms with Crippen LogP contribution in [0.5, 0.6) is 6.01 Å². The number of hydrogen-bond acceptors (Lipinski definition) is 6. The lowest BCUT2D eigenvalue weighted by Crippen LogP contribution is -2.20. The Hall–Kier alpha value is -2.80. The highest BCUT2D eigenvalue weighted by Gasteiger charge is 2.09. The molecule has 0 unspecified atom stereocenters. The maximum absolute atomic E-state index is 11.9. The molecule has 0 spiro atoms. The van der Waals surface area contributed by atoms with Gasteiger partial charge in [-0.1, -0.05) is 29.8 Å². The van der Waals surface area contributed by atoms with Gasteiger partial charge in [0.2, 0.25) is 0 Å². The van der Waals surface area contributed by atoms with Gasteiger partial charge in [-0.3, -0.25) is 10.1 Å². The number of amides is 1. The molecule has 7 heteroatoms. The Morgan fingerprint density at radius 2 is 1.96 bits per heavy atom. The number of ether oxygens (including phenoxy) is 1. The average molecular weight is 326 g/mol. The lowest BCUT2D eigenvalue weighted by Gasteiger charge is -2.03. The van der Waals surface area contributed by atoms with Crippen LogP contribution in [-0.2, 0) is 4.79 Å². The van der Waals surface area contributed by atoms with Crippen LogP contribution in [0.1, 0.15) is 5.56 Å². The van der Waals surface area contributed by atoms with Crippen LogP contribution in [0.3, 0.4) is 0 Å². The number of hydrogen-bond donors (Lipinski definition) is 1. The number of benzene rings is 1. The quantitative estimate of drug-likeness (QED) is 0.780. The number of carbonyl (C=O) groups excluding carboxylic acids is 1. The number of thiazole rings is 1. The Balaban J connectivity index is 1.58. The summed E-state index contributed by atoms with van der Waals surface area (Å²) in [6.07, 6.45) is 3.10. The average Bonchev–Trinajstić information content (AvgIpc) is 3.03. The van der Waals surface area contributed by atoms with Crippen LogP contribution in [0.2, 0.25) is 0 Å². The third kappa shape index (κ3) is 4.10. The predicted octanol–water partition coefficient (Wildman–Crippen LogP) is 2.93. The second-order valence-electron chi connectivity index (χ2n) is 4.77. The SMILES string of the molecule is Cc1ccc(-c2csc(NC(=O)COc3ncccn3)n2)cc1. The lowest BCUT2D eigenvalue weighted by molar-refractivity contribution is -0.118. The molecular weight excluding hydrogens is 312 g/mol. The van der Waals surface area contributed by atoms with E-state index >= 15 is 0 Å². The molecule has 0 saturated carbocycles. The first kappa shape index (κ1) is 15.1. The fraction of sp³-hybridized carbons (Fsp3) is 0.125. The minimum absolute atomic E-state index is 0.163. The Morgan fingerprint density at radius 1 is 1.22 bits per heavy atom. The smallest absolute Gasteiger partial charge is 0.316 e. The molecule has 0 aliphatic rings. The van der Waals surface area contributed by atoms with E-state index in [0.29, 0.717) is 5.13 Å². The highest BCUT2D eigenvalue weighted by molar-refractivity contribution is 7.14. The highest BCUT2D eigenvalue weighted by atomic mass is 32.1. The lowest BCUT2D eigenvalue weighted by atomic mass is 10.1. The zero-order valence-electron chi connectivity index (χ0n) is 12.4. The summed E-state index contributed by atoms with van der Waals surface area (Å²) >= 11 is 1.37. The molecule has 0 aliphatic heterocycles. The van der Waals surface area contributed by atoms with Crippen LogP contribution in [0.25, 0.3) is 11.3 Å². The van der Waals surface area contributed by atoms with E-state index in [4.69, 9.17) is 4.74 Å². The molecule has 0 aliphatic carbocycles. The fourth-order valence-electron chi connectivity index (χ4n) is 1.83. The second-order valence-corrected chi connectivity index (χ2v) is 5.63. The third-order valence-corrected chi connectivity index (χ3v) is 3.73. The van der Waals surface area contributed by atoms with Crippen molar-refractivity contribution in [2.45, 2.75) is 6.92 Å². The monoisotopic (exact) mass is 326 g/mol. The van der Waals surface area contributed by atoms with Gasteiger partial charge in [-0.05, 0) is 13.0 Å². The fourth-order valence-corrected chi connectivity index (χ4v) is 2.57. The molecule has 0 bridgehead atoms. The number of aromatic nitrogens is 3. The highest BCUT2D eigenvalue weighted by Crippen LogP contribution is 2.25. The van der Waals surface area contributed by atoms with E-state index in [1.165, 1.54) is 16.9 Å². The molecule has 0 saturated heterocycles. The van der Waals surface area contributed by atoms with Gasteiger partial charge in [-0.25, -0.2) is 15.0 Å². The minimum atomic E-state index is -0.303. The van der Waals surface area contributed by atoms with E-state index in [1.54, 1.807) is 18.5 Å². The maximum Gasteiger partial charge on any atom is 0.316 e. The van der Waals surface area contributed by atoms with Crippen molar-refractivity contribution < 1.29 is 9.53 Å². The van der Waals surface area contributed by atoms with Crippen molar-refractivity contribution >= 4 is 22.4 Å². The van der Waals surface area contributed by atoms with Crippen molar-refractivity contribution in [1.82, 2.24) is 15.0 Å². The largest absolute Gasteiger partial charge is 0.453 e. The predicted molar refractivity (Wildman–Crippen MR) is 88.4 cm³/mol. The molecule has 2 heterocycles. The Morgan fingerprint density at radius 3 is 2.70 bits per heavy atom. The van der Waals surface area contributed by atoms with Crippen LogP contribution in [0.4, 0.5) is 5.13 Å². The summed E-state index contributed by atoms with van der Waals surface area (Å²) in [6, 6.07) is 9.91. The van der Waals surface area contributed by atoms with Gasteiger partial charge < -0.3 is 4.74 Å². The number of aryl methyl sites for hydroxylation is 1. The molecule has 1 aromatic carbocycles. The Labute approximate surface area is 137 Å². The van der Waals surface area contributed by atoms with Gasteiger partial charge in [-0.15, -0.1) is 11.3 Å². The van der Waals surface area contributed by atoms with Crippen molar-refractivity contribution in [3.63, 3.8) is 0 Å². The molecule has 0 radical (unpaired) electrons. The van der Waals surface area contributed by atoms with Crippen LogP contribution < -0.4 is 10.1 Å². The topological polar surface area (TPSA) is 77.0 Å². The van der Waals surface area contributed by atoms with Gasteiger partial charge in [-0.2, -0.15) is 0 Å². The zero-order valence-corrected chi connectivity index (χ0v) is 13.2. The van der Waals surface area contributed by atoms with E-state index in [-0.39, 0.29) is 18.5 Å². The zero-order chi connectivity index (χ0) is 16.1. The number of anilines is 1. The molecule has 1 N–H and O–H groups in total. The van der Waals surface area contributed by atoms with Gasteiger partial charge >= 0.3 is 6.01 Å². The van der Waals surface area contributed by atoms with Crippen molar-refractivity contribution in [3.8, 4) is 17.3 Å². The van der Waals surface area contributed by atoms with Crippen LogP contribution in [-0.4, -0.2) is 27.5 Å². The van der Waals surface area contributed by atoms with E-state index < -0.39 is 0 Å². The van der Waals surface area contributed by atoms with Crippen molar-refractivity contribution in [1.29, 1.82) is 0 Å². The maximum atomic E-state index is 11.9. The van der Waals surface area contributed by atoms with Crippen molar-refractivity contribution in [2.75, 3.05) is 11.9 Å². The third-order valence-electron chi connectivity index (χ3n) is 2.97. The Kier molecular flexibility index (Phi) is 4.58. The summed E-state index contributed by atoms with van der Waals surface area (Å²) in [4.78, 5) is 24.0. The van der Waals surface area contributed by atoms with Gasteiger partial charge in [0.15, 0.2) is 11.7 Å². The Bertz CT molecular complexity index is 787. The number of nitrogens with one attached hydrogen (secondary N) is 1. The van der Waals surface area contributed by atoms with Crippen molar-refractivity contribution in [3.05, 3.63) is 53.7 Å². The summed E-state index contributed by atoms with van der Waals surface area (Å²) in [5.41, 5.74) is 3.04. The standard InChI is InChI=1S/C16H14N4O2S/c1-11-3-5-12(6-4-11)13-10-23-16(19-13)20-14(21)9-22-15-17-7-2-8-18-15/h2-8,10H,9H2,1H3,(H,19,20,21). The normalized spacial score (nSPS) is 10.3. The molecular formula is C16H14N4O2S. The van der Waals surface area contributed by atoms with E-state index in [0.717, 1.165) is 11.3 Å². The van der Waals surface area contributed by atoms with E-state index in [9.17, 15) is 4.79 Å². The molecule has 3 rings (SSSR count). The summed E-state index contributed by atoms with van der Waals surface area (Å²) in [5, 5.41) is 5.14. The van der Waals surface area contributed by atoms with Gasteiger partial charge in [0.1, 0.15) is 0 Å². The number of carbonyl (C=O) groups is 1. The minimum Gasteiger partial charge on any atom is -0.453 e. The van der Waals surface area contributed by atoms with Gasteiger partial charge in [0, 0.05) is 23.3 Å².